The van der Waals surface area contributed by atoms with E-state index in [1.807, 2.05) is 6.08 Å². The Morgan fingerprint density at radius 2 is 1.90 bits per heavy atom. The molecular weight excluding hydrogens is 356 g/mol. The van der Waals surface area contributed by atoms with Gasteiger partial charge in [0.05, 0.1) is 11.5 Å². The van der Waals surface area contributed by atoms with E-state index in [9.17, 15) is 5.11 Å². The van der Waals surface area contributed by atoms with Crippen LogP contribution in [-0.2, 0) is 5.41 Å². The van der Waals surface area contributed by atoms with Crippen molar-refractivity contribution in [2.45, 2.75) is 51.2 Å². The molecule has 1 N–H and O–H groups in total. The minimum atomic E-state index is -0.345. The van der Waals surface area contributed by atoms with E-state index in [1.54, 1.807) is 0 Å². The molecule has 0 bridgehead atoms. The van der Waals surface area contributed by atoms with Crippen LogP contribution in [0.5, 0.6) is 0 Å². The Hall–Kier alpha value is -2.78. The van der Waals surface area contributed by atoms with Crippen molar-refractivity contribution in [2.75, 3.05) is 0 Å². The standard InChI is InChI=1S/C26H25N2O/c1-6-8-16-18-13(2)11-12-15-19(18)23-25(26(16,4)5)27-21-14(3)9-7-10-17(21)28(23)22-20(15)24(22)29/h6-12,20,22,24,29H,1H2,2-5H3/q+1/b16-8+. The van der Waals surface area contributed by atoms with E-state index in [0.717, 1.165) is 16.7 Å². The predicted octanol–water partition coefficient (Wildman–Crippen LogP) is 4.68. The van der Waals surface area contributed by atoms with Crippen LogP contribution in [0, 0.1) is 13.8 Å². The zero-order valence-electron chi connectivity index (χ0n) is 17.3. The molecule has 2 heterocycles. The second kappa shape index (κ2) is 5.22. The summed E-state index contributed by atoms with van der Waals surface area (Å²) in [6.07, 6.45) is 3.69. The first-order valence-corrected chi connectivity index (χ1v) is 10.4. The van der Waals surface area contributed by atoms with Crippen molar-refractivity contribution >= 4 is 16.6 Å². The van der Waals surface area contributed by atoms with Gasteiger partial charge in [0.15, 0.2) is 6.04 Å². The highest BCUT2D eigenvalue weighted by molar-refractivity contribution is 5.95. The Kier molecular flexibility index (Phi) is 3.08. The number of benzene rings is 2. The van der Waals surface area contributed by atoms with Gasteiger partial charge in [-0.1, -0.05) is 43.0 Å². The van der Waals surface area contributed by atoms with Crippen molar-refractivity contribution in [1.82, 2.24) is 4.98 Å². The Balaban J connectivity index is 1.89. The molecule has 0 radical (unpaired) electrons. The van der Waals surface area contributed by atoms with Gasteiger partial charge < -0.3 is 5.11 Å². The third-order valence-corrected chi connectivity index (χ3v) is 7.27. The molecule has 0 saturated heterocycles. The summed E-state index contributed by atoms with van der Waals surface area (Å²) in [6.45, 7) is 12.8. The monoisotopic (exact) mass is 381 g/mol. The Labute approximate surface area is 171 Å². The normalized spacial score (nSPS) is 26.2. The molecule has 2 aliphatic carbocycles. The summed E-state index contributed by atoms with van der Waals surface area (Å²) in [7, 11) is 0. The molecule has 1 aromatic heterocycles. The van der Waals surface area contributed by atoms with Crippen LogP contribution in [0.15, 0.2) is 49.1 Å². The number of aliphatic hydroxyl groups is 1. The maximum absolute atomic E-state index is 10.9. The quantitative estimate of drug-likeness (QED) is 0.622. The minimum Gasteiger partial charge on any atom is -0.385 e. The molecule has 3 unspecified atom stereocenters. The third kappa shape index (κ3) is 1.87. The fourth-order valence-corrected chi connectivity index (χ4v) is 5.78. The predicted molar refractivity (Wildman–Crippen MR) is 116 cm³/mol. The largest absolute Gasteiger partial charge is 0.385 e. The van der Waals surface area contributed by atoms with Crippen molar-refractivity contribution in [3.63, 3.8) is 0 Å². The van der Waals surface area contributed by atoms with Gasteiger partial charge in [-0.15, -0.1) is 0 Å². The molecule has 1 saturated carbocycles. The number of fused-ring (bicyclic) bond motifs is 5. The van der Waals surface area contributed by atoms with E-state index in [2.05, 4.69) is 75.2 Å². The number of para-hydroxylation sites is 1. The molecule has 1 fully saturated rings. The molecule has 0 amide bonds. The molecule has 2 aromatic carbocycles. The van der Waals surface area contributed by atoms with Gasteiger partial charge in [-0.3, -0.25) is 0 Å². The van der Waals surface area contributed by atoms with Crippen LogP contribution in [-0.4, -0.2) is 16.2 Å². The number of aryl methyl sites for hydroxylation is 2. The van der Waals surface area contributed by atoms with Gasteiger partial charge >= 0.3 is 0 Å². The molecule has 3 aromatic rings. The summed E-state index contributed by atoms with van der Waals surface area (Å²) in [5.74, 6) is 0.159. The molecule has 29 heavy (non-hydrogen) atoms. The summed E-state index contributed by atoms with van der Waals surface area (Å²) in [6, 6.07) is 10.9. The fraction of sp³-hybridized carbons (Fsp3) is 0.308. The molecule has 0 spiro atoms. The van der Waals surface area contributed by atoms with Crippen molar-refractivity contribution in [3.8, 4) is 11.3 Å². The average molecular weight is 381 g/mol. The van der Waals surface area contributed by atoms with Gasteiger partial charge in [-0.25, -0.2) is 4.98 Å². The van der Waals surface area contributed by atoms with Crippen LogP contribution in [0.3, 0.4) is 0 Å². The van der Waals surface area contributed by atoms with Crippen molar-refractivity contribution in [1.29, 1.82) is 0 Å². The highest BCUT2D eigenvalue weighted by Gasteiger charge is 2.65. The average Bonchev–Trinajstić information content (AvgIpc) is 3.36. The highest BCUT2D eigenvalue weighted by Crippen LogP contribution is 2.61. The van der Waals surface area contributed by atoms with E-state index < -0.39 is 0 Å². The number of allylic oxidation sites excluding steroid dienone is 3. The summed E-state index contributed by atoms with van der Waals surface area (Å²) in [5.41, 5.74) is 11.7. The maximum Gasteiger partial charge on any atom is 0.236 e. The number of aromatic nitrogens is 2. The lowest BCUT2D eigenvalue weighted by molar-refractivity contribution is -0.670. The number of hydrogen-bond acceptors (Lipinski definition) is 2. The summed E-state index contributed by atoms with van der Waals surface area (Å²) >= 11 is 0. The molecule has 144 valence electrons. The molecule has 3 aliphatic rings. The molecule has 6 rings (SSSR count). The SMILES string of the molecule is C=C/C=C1\c2c(C)ccc3c2-c2c(nc4c(C)cccc4[n+]2C2C(O)C32)C1(C)C. The van der Waals surface area contributed by atoms with E-state index >= 15 is 0 Å². The van der Waals surface area contributed by atoms with Crippen LogP contribution < -0.4 is 4.57 Å². The lowest BCUT2D eigenvalue weighted by Gasteiger charge is -2.37. The van der Waals surface area contributed by atoms with Gasteiger partial charge in [0, 0.05) is 11.5 Å². The first kappa shape index (κ1) is 17.1. The Morgan fingerprint density at radius 1 is 1.10 bits per heavy atom. The molecule has 1 aliphatic heterocycles. The van der Waals surface area contributed by atoms with Crippen molar-refractivity contribution < 1.29 is 9.67 Å². The Bertz CT molecular complexity index is 1300. The second-order valence-corrected chi connectivity index (χ2v) is 9.29. The zero-order chi connectivity index (χ0) is 20.2. The number of rotatable bonds is 1. The van der Waals surface area contributed by atoms with Crippen LogP contribution in [0.2, 0.25) is 0 Å². The molecule has 3 nitrogen and oxygen atoms in total. The first-order valence-electron chi connectivity index (χ1n) is 10.4. The fourth-order valence-electron chi connectivity index (χ4n) is 5.78. The summed E-state index contributed by atoms with van der Waals surface area (Å²) in [5, 5.41) is 10.9. The van der Waals surface area contributed by atoms with Gasteiger partial charge in [-0.05, 0) is 55.5 Å². The smallest absolute Gasteiger partial charge is 0.236 e. The van der Waals surface area contributed by atoms with E-state index in [-0.39, 0.29) is 23.5 Å². The lowest BCUT2D eigenvalue weighted by Crippen LogP contribution is -2.45. The van der Waals surface area contributed by atoms with E-state index in [1.165, 1.54) is 39.1 Å². The molecule has 3 atom stereocenters. The number of nitrogens with zero attached hydrogens (tertiary/aromatic N) is 2. The topological polar surface area (TPSA) is 37.0 Å². The highest BCUT2D eigenvalue weighted by atomic mass is 16.3. The van der Waals surface area contributed by atoms with Crippen molar-refractivity contribution in [3.05, 3.63) is 77.0 Å². The maximum atomic E-state index is 10.9. The van der Waals surface area contributed by atoms with E-state index in [4.69, 9.17) is 4.98 Å². The van der Waals surface area contributed by atoms with E-state index in [0.29, 0.717) is 0 Å². The zero-order valence-corrected chi connectivity index (χ0v) is 17.3. The summed E-state index contributed by atoms with van der Waals surface area (Å²) in [4.78, 5) is 5.27. The van der Waals surface area contributed by atoms with Crippen LogP contribution >= 0.6 is 0 Å². The van der Waals surface area contributed by atoms with Crippen LogP contribution in [0.4, 0.5) is 0 Å². The lowest BCUT2D eigenvalue weighted by atomic mass is 9.67. The van der Waals surface area contributed by atoms with Crippen LogP contribution in [0.25, 0.3) is 27.9 Å². The minimum absolute atomic E-state index is 0.0971. The second-order valence-electron chi connectivity index (χ2n) is 9.29. The van der Waals surface area contributed by atoms with Gasteiger partial charge in [-0.2, -0.15) is 4.57 Å². The third-order valence-electron chi connectivity index (χ3n) is 7.27. The molecular formula is C26H25N2O+. The Morgan fingerprint density at radius 3 is 2.66 bits per heavy atom. The summed E-state index contributed by atoms with van der Waals surface area (Å²) < 4.78 is 2.40. The number of aliphatic hydroxyl groups excluding tert-OH is 1. The van der Waals surface area contributed by atoms with Gasteiger partial charge in [0.1, 0.15) is 17.3 Å². The molecule has 3 heteroatoms. The van der Waals surface area contributed by atoms with Gasteiger partial charge in [0.2, 0.25) is 11.2 Å². The first-order chi connectivity index (χ1) is 13.9. The van der Waals surface area contributed by atoms with Gasteiger partial charge in [0.25, 0.3) is 0 Å². The number of hydrogen-bond donors (Lipinski definition) is 1. The van der Waals surface area contributed by atoms with Crippen LogP contribution in [0.1, 0.15) is 53.8 Å². The van der Waals surface area contributed by atoms with Crippen molar-refractivity contribution in [2.24, 2.45) is 0 Å².